The van der Waals surface area contributed by atoms with E-state index in [0.29, 0.717) is 0 Å². The average Bonchev–Trinajstić information content (AvgIpc) is 3.23. The van der Waals surface area contributed by atoms with Gasteiger partial charge >= 0.3 is 0 Å². The van der Waals surface area contributed by atoms with E-state index in [0.717, 1.165) is 25.6 Å². The summed E-state index contributed by atoms with van der Waals surface area (Å²) in [5, 5.41) is 3.38. The second kappa shape index (κ2) is 7.55. The molecule has 1 N–H and O–H groups in total. The normalized spacial score (nSPS) is 14.9. The zero-order chi connectivity index (χ0) is 12.6. The molecule has 0 aliphatic heterocycles. The molecule has 1 aromatic rings. The molecule has 1 fully saturated rings. The quantitative estimate of drug-likeness (QED) is 0.677. The van der Waals surface area contributed by atoms with Gasteiger partial charge in [-0.2, -0.15) is 0 Å². The fraction of sp³-hybridized carbons (Fsp3) is 0.625. The van der Waals surface area contributed by atoms with Gasteiger partial charge in [0, 0.05) is 13.7 Å². The molecule has 2 heteroatoms. The Balaban J connectivity index is 1.55. The van der Waals surface area contributed by atoms with E-state index >= 15 is 0 Å². The van der Waals surface area contributed by atoms with Gasteiger partial charge in [-0.3, -0.25) is 0 Å². The van der Waals surface area contributed by atoms with Gasteiger partial charge in [-0.15, -0.1) is 0 Å². The summed E-state index contributed by atoms with van der Waals surface area (Å²) in [6.45, 7) is 2.87. The predicted molar refractivity (Wildman–Crippen MR) is 76.1 cm³/mol. The first-order chi connectivity index (χ1) is 8.90. The Labute approximate surface area is 111 Å². The van der Waals surface area contributed by atoms with Gasteiger partial charge in [0.15, 0.2) is 0 Å². The number of rotatable bonds is 9. The number of hydrogen-bond acceptors (Lipinski definition) is 2. The minimum atomic E-state index is 0.808. The van der Waals surface area contributed by atoms with E-state index in [1.165, 1.54) is 37.7 Å². The van der Waals surface area contributed by atoms with Crippen molar-refractivity contribution in [1.29, 1.82) is 0 Å². The largest absolute Gasteiger partial charge is 0.383 e. The molecule has 0 heterocycles. The van der Waals surface area contributed by atoms with Crippen LogP contribution < -0.4 is 5.32 Å². The van der Waals surface area contributed by atoms with E-state index in [-0.39, 0.29) is 0 Å². The van der Waals surface area contributed by atoms with Gasteiger partial charge < -0.3 is 10.1 Å². The maximum Gasteiger partial charge on any atom is 0.0587 e. The second-order valence-corrected chi connectivity index (χ2v) is 5.22. The third kappa shape index (κ3) is 4.79. The van der Waals surface area contributed by atoms with Crippen LogP contribution in [0.25, 0.3) is 0 Å². The van der Waals surface area contributed by atoms with E-state index in [4.69, 9.17) is 4.74 Å². The summed E-state index contributed by atoms with van der Waals surface area (Å²) in [6.07, 6.45) is 6.51. The van der Waals surface area contributed by atoms with Crippen molar-refractivity contribution in [1.82, 2.24) is 5.32 Å². The number of methoxy groups -OCH3 is 1. The number of benzene rings is 1. The number of nitrogens with one attached hydrogen (secondary N) is 1. The maximum atomic E-state index is 4.99. The van der Waals surface area contributed by atoms with Crippen molar-refractivity contribution in [3.8, 4) is 0 Å². The summed E-state index contributed by atoms with van der Waals surface area (Å²) in [5.74, 6) is 0.879. The molecule has 1 saturated carbocycles. The molecule has 0 bridgehead atoms. The molecule has 0 radical (unpaired) electrons. The van der Waals surface area contributed by atoms with E-state index in [1.54, 1.807) is 12.7 Å². The van der Waals surface area contributed by atoms with E-state index < -0.39 is 0 Å². The van der Waals surface area contributed by atoms with Crippen LogP contribution in [-0.2, 0) is 11.2 Å². The summed E-state index contributed by atoms with van der Waals surface area (Å²) < 4.78 is 4.99. The van der Waals surface area contributed by atoms with Gasteiger partial charge in [0.25, 0.3) is 0 Å². The summed E-state index contributed by atoms with van der Waals surface area (Å²) in [4.78, 5) is 0. The molecule has 1 aliphatic rings. The molecule has 0 aromatic heterocycles. The number of unbranched alkanes of at least 4 members (excludes halogenated alkanes) is 1. The SMILES string of the molecule is COCCNCCCCc1ccc(C2CC2)cc1. The van der Waals surface area contributed by atoms with Gasteiger partial charge in [-0.1, -0.05) is 24.3 Å². The first kappa shape index (κ1) is 13.6. The summed E-state index contributed by atoms with van der Waals surface area (Å²) >= 11 is 0. The molecule has 2 nitrogen and oxygen atoms in total. The van der Waals surface area contributed by atoms with Gasteiger partial charge in [-0.05, 0) is 55.7 Å². The molecule has 100 valence electrons. The fourth-order valence-electron chi connectivity index (χ4n) is 2.25. The number of aryl methyl sites for hydroxylation is 1. The molecule has 0 unspecified atom stereocenters. The van der Waals surface area contributed by atoms with Crippen LogP contribution in [0, 0.1) is 0 Å². The molecule has 0 atom stereocenters. The van der Waals surface area contributed by atoms with Gasteiger partial charge in [0.1, 0.15) is 0 Å². The molecular formula is C16H25NO. The Morgan fingerprint density at radius 2 is 1.89 bits per heavy atom. The molecule has 2 rings (SSSR count). The first-order valence-electron chi connectivity index (χ1n) is 7.18. The lowest BCUT2D eigenvalue weighted by Crippen LogP contribution is -2.20. The van der Waals surface area contributed by atoms with Crippen molar-refractivity contribution >= 4 is 0 Å². The van der Waals surface area contributed by atoms with Crippen LogP contribution >= 0.6 is 0 Å². The van der Waals surface area contributed by atoms with Crippen molar-refractivity contribution < 1.29 is 4.74 Å². The van der Waals surface area contributed by atoms with Gasteiger partial charge in [-0.25, -0.2) is 0 Å². The highest BCUT2D eigenvalue weighted by atomic mass is 16.5. The van der Waals surface area contributed by atoms with Crippen LogP contribution in [0.5, 0.6) is 0 Å². The highest BCUT2D eigenvalue weighted by Crippen LogP contribution is 2.39. The highest BCUT2D eigenvalue weighted by molar-refractivity contribution is 5.28. The van der Waals surface area contributed by atoms with Crippen LogP contribution in [0.3, 0.4) is 0 Å². The standard InChI is InChI=1S/C16H25NO/c1-18-13-12-17-11-3-2-4-14-5-7-15(8-6-14)16-9-10-16/h5-8,16-17H,2-4,9-13H2,1H3. The van der Waals surface area contributed by atoms with Gasteiger partial charge in [0.05, 0.1) is 6.61 Å². The average molecular weight is 247 g/mol. The summed E-state index contributed by atoms with van der Waals surface area (Å²) in [5.41, 5.74) is 3.02. The summed E-state index contributed by atoms with van der Waals surface area (Å²) in [6, 6.07) is 9.27. The topological polar surface area (TPSA) is 21.3 Å². The van der Waals surface area contributed by atoms with Crippen LogP contribution in [0.4, 0.5) is 0 Å². The second-order valence-electron chi connectivity index (χ2n) is 5.22. The minimum Gasteiger partial charge on any atom is -0.383 e. The molecular weight excluding hydrogens is 222 g/mol. The zero-order valence-electron chi connectivity index (χ0n) is 11.5. The Bertz CT molecular complexity index is 329. The smallest absolute Gasteiger partial charge is 0.0587 e. The highest BCUT2D eigenvalue weighted by Gasteiger charge is 2.22. The minimum absolute atomic E-state index is 0.808. The van der Waals surface area contributed by atoms with Crippen molar-refractivity contribution in [2.75, 3.05) is 26.8 Å². The molecule has 0 amide bonds. The van der Waals surface area contributed by atoms with E-state index in [9.17, 15) is 0 Å². The number of ether oxygens (including phenoxy) is 1. The van der Waals surface area contributed by atoms with Crippen molar-refractivity contribution in [2.24, 2.45) is 0 Å². The lowest BCUT2D eigenvalue weighted by atomic mass is 10.0. The van der Waals surface area contributed by atoms with Gasteiger partial charge in [0.2, 0.25) is 0 Å². The van der Waals surface area contributed by atoms with Crippen molar-refractivity contribution in [2.45, 2.75) is 38.0 Å². The Morgan fingerprint density at radius 1 is 1.11 bits per heavy atom. The lowest BCUT2D eigenvalue weighted by molar-refractivity contribution is 0.199. The summed E-state index contributed by atoms with van der Waals surface area (Å²) in [7, 11) is 1.74. The molecule has 0 spiro atoms. The fourth-order valence-corrected chi connectivity index (χ4v) is 2.25. The van der Waals surface area contributed by atoms with Crippen LogP contribution in [0.15, 0.2) is 24.3 Å². The molecule has 0 saturated heterocycles. The lowest BCUT2D eigenvalue weighted by Gasteiger charge is -2.05. The van der Waals surface area contributed by atoms with Crippen molar-refractivity contribution in [3.63, 3.8) is 0 Å². The molecule has 1 aliphatic carbocycles. The molecule has 18 heavy (non-hydrogen) atoms. The van der Waals surface area contributed by atoms with Crippen molar-refractivity contribution in [3.05, 3.63) is 35.4 Å². The predicted octanol–water partition coefficient (Wildman–Crippen LogP) is 3.12. The van der Waals surface area contributed by atoms with Crippen LogP contribution in [0.2, 0.25) is 0 Å². The van der Waals surface area contributed by atoms with E-state index in [1.807, 2.05) is 0 Å². The maximum absolute atomic E-state index is 4.99. The third-order valence-corrected chi connectivity index (χ3v) is 3.58. The van der Waals surface area contributed by atoms with Crippen LogP contribution in [0.1, 0.15) is 42.7 Å². The Kier molecular flexibility index (Phi) is 5.69. The zero-order valence-corrected chi connectivity index (χ0v) is 11.5. The first-order valence-corrected chi connectivity index (χ1v) is 7.18. The molecule has 1 aromatic carbocycles. The van der Waals surface area contributed by atoms with Crippen LogP contribution in [-0.4, -0.2) is 26.8 Å². The third-order valence-electron chi connectivity index (χ3n) is 3.58. The number of hydrogen-bond donors (Lipinski definition) is 1. The monoisotopic (exact) mass is 247 g/mol. The Hall–Kier alpha value is -0.860. The van der Waals surface area contributed by atoms with E-state index in [2.05, 4.69) is 29.6 Å². The Morgan fingerprint density at radius 3 is 2.56 bits per heavy atom.